The van der Waals surface area contributed by atoms with Gasteiger partial charge < -0.3 is 15.0 Å². The second-order valence-electron chi connectivity index (χ2n) is 5.62. The van der Waals surface area contributed by atoms with Gasteiger partial charge in [0.25, 0.3) is 5.91 Å². The van der Waals surface area contributed by atoms with E-state index in [-0.39, 0.29) is 24.2 Å². The van der Waals surface area contributed by atoms with Crippen LogP contribution in [-0.2, 0) is 19.1 Å². The van der Waals surface area contributed by atoms with Gasteiger partial charge in [0.15, 0.2) is 6.61 Å². The quantitative estimate of drug-likeness (QED) is 0.531. The number of thioether (sulfide) groups is 1. The SMILES string of the molecule is CN(CC(=O)NC1CC1)C(=O)COC(=O)CSc1cc(Cl)ccc1Cl. The van der Waals surface area contributed by atoms with Crippen LogP contribution < -0.4 is 5.32 Å². The molecule has 0 spiro atoms. The van der Waals surface area contributed by atoms with E-state index in [0.29, 0.717) is 14.9 Å². The predicted octanol–water partition coefficient (Wildman–Crippen LogP) is 2.37. The molecule has 2 rings (SSSR count). The van der Waals surface area contributed by atoms with E-state index in [1.165, 1.54) is 23.7 Å². The zero-order chi connectivity index (χ0) is 18.4. The monoisotopic (exact) mass is 404 g/mol. The predicted molar refractivity (Wildman–Crippen MR) is 96.9 cm³/mol. The molecule has 0 radical (unpaired) electrons. The van der Waals surface area contributed by atoms with E-state index in [2.05, 4.69) is 5.32 Å². The number of esters is 1. The number of benzene rings is 1. The number of likely N-dealkylation sites (N-methyl/N-ethyl adjacent to an activating group) is 1. The number of nitrogens with one attached hydrogen (secondary N) is 1. The fraction of sp³-hybridized carbons (Fsp3) is 0.438. The third-order valence-electron chi connectivity index (χ3n) is 3.34. The lowest BCUT2D eigenvalue weighted by Gasteiger charge is -2.16. The summed E-state index contributed by atoms with van der Waals surface area (Å²) in [6.07, 6.45) is 1.96. The molecule has 1 saturated carbocycles. The Morgan fingerprint density at radius 2 is 2.04 bits per heavy atom. The van der Waals surface area contributed by atoms with Gasteiger partial charge in [-0.05, 0) is 31.0 Å². The molecule has 0 unspecified atom stereocenters. The number of rotatable bonds is 8. The molecule has 0 aromatic heterocycles. The fourth-order valence-electron chi connectivity index (χ4n) is 1.82. The molecule has 1 aromatic rings. The Bertz CT molecular complexity index is 668. The number of halogens is 2. The average molecular weight is 405 g/mol. The minimum atomic E-state index is -0.551. The highest BCUT2D eigenvalue weighted by molar-refractivity contribution is 8.00. The summed E-state index contributed by atoms with van der Waals surface area (Å²) < 4.78 is 4.93. The van der Waals surface area contributed by atoms with Crippen LogP contribution in [0, 0.1) is 0 Å². The van der Waals surface area contributed by atoms with Crippen LogP contribution >= 0.6 is 35.0 Å². The largest absolute Gasteiger partial charge is 0.455 e. The smallest absolute Gasteiger partial charge is 0.316 e. The Balaban J connectivity index is 1.68. The summed E-state index contributed by atoms with van der Waals surface area (Å²) >= 11 is 13.1. The Kier molecular flexibility index (Phi) is 7.40. The third-order valence-corrected chi connectivity index (χ3v) is 5.05. The molecule has 6 nitrogen and oxygen atoms in total. The highest BCUT2D eigenvalue weighted by atomic mass is 35.5. The summed E-state index contributed by atoms with van der Waals surface area (Å²) in [6.45, 7) is -0.463. The summed E-state index contributed by atoms with van der Waals surface area (Å²) in [4.78, 5) is 37.1. The van der Waals surface area contributed by atoms with Crippen LogP contribution in [0.2, 0.25) is 10.0 Å². The standard InChI is InChI=1S/C16H18Cl2N2O4S/c1-20(7-14(21)19-11-3-4-11)15(22)8-24-16(23)9-25-13-6-10(17)2-5-12(13)18/h2,5-6,11H,3-4,7-9H2,1H3,(H,19,21). The van der Waals surface area contributed by atoms with Gasteiger partial charge in [-0.2, -0.15) is 0 Å². The van der Waals surface area contributed by atoms with E-state index >= 15 is 0 Å². The molecular weight excluding hydrogens is 387 g/mol. The topological polar surface area (TPSA) is 75.7 Å². The third kappa shape index (κ3) is 7.13. The van der Waals surface area contributed by atoms with Crippen LogP contribution in [0.1, 0.15) is 12.8 Å². The molecule has 1 aliphatic rings. The summed E-state index contributed by atoms with van der Waals surface area (Å²) in [5.41, 5.74) is 0. The van der Waals surface area contributed by atoms with Crippen molar-refractivity contribution in [3.8, 4) is 0 Å². The number of carbonyl (C=O) groups excluding carboxylic acids is 3. The summed E-state index contributed by atoms with van der Waals surface area (Å²) in [5.74, 6) is -1.20. The maximum absolute atomic E-state index is 11.9. The van der Waals surface area contributed by atoms with Gasteiger partial charge in [0.2, 0.25) is 5.91 Å². The molecule has 0 saturated heterocycles. The maximum Gasteiger partial charge on any atom is 0.316 e. The van der Waals surface area contributed by atoms with Crippen LogP contribution in [0.4, 0.5) is 0 Å². The van der Waals surface area contributed by atoms with Crippen LogP contribution in [-0.4, -0.2) is 54.7 Å². The highest BCUT2D eigenvalue weighted by Gasteiger charge is 2.24. The molecular formula is C16H18Cl2N2O4S. The van der Waals surface area contributed by atoms with Crippen LogP contribution in [0.15, 0.2) is 23.1 Å². The second-order valence-corrected chi connectivity index (χ2v) is 7.48. The average Bonchev–Trinajstić information content (AvgIpc) is 3.37. The number of hydrogen-bond donors (Lipinski definition) is 1. The molecule has 2 amide bonds. The van der Waals surface area contributed by atoms with Crippen molar-refractivity contribution in [1.82, 2.24) is 10.2 Å². The summed E-state index contributed by atoms with van der Waals surface area (Å²) in [5, 5.41) is 3.79. The van der Waals surface area contributed by atoms with Gasteiger partial charge in [0.1, 0.15) is 0 Å². The first-order valence-corrected chi connectivity index (χ1v) is 9.36. The van der Waals surface area contributed by atoms with Gasteiger partial charge >= 0.3 is 5.97 Å². The molecule has 9 heteroatoms. The van der Waals surface area contributed by atoms with Crippen LogP contribution in [0.3, 0.4) is 0 Å². The lowest BCUT2D eigenvalue weighted by molar-refractivity contribution is -0.149. The first-order valence-electron chi connectivity index (χ1n) is 7.62. The van der Waals surface area contributed by atoms with E-state index < -0.39 is 18.5 Å². The van der Waals surface area contributed by atoms with Gasteiger partial charge in [-0.15, -0.1) is 11.8 Å². The van der Waals surface area contributed by atoms with Gasteiger partial charge in [-0.1, -0.05) is 23.2 Å². The molecule has 0 heterocycles. The van der Waals surface area contributed by atoms with E-state index in [1.54, 1.807) is 18.2 Å². The first-order chi connectivity index (χ1) is 11.8. The molecule has 25 heavy (non-hydrogen) atoms. The lowest BCUT2D eigenvalue weighted by Crippen LogP contribution is -2.40. The summed E-state index contributed by atoms with van der Waals surface area (Å²) in [6, 6.07) is 5.19. The summed E-state index contributed by atoms with van der Waals surface area (Å²) in [7, 11) is 1.49. The van der Waals surface area contributed by atoms with Crippen LogP contribution in [0.25, 0.3) is 0 Å². The van der Waals surface area contributed by atoms with E-state index in [4.69, 9.17) is 27.9 Å². The second kappa shape index (κ2) is 9.31. The van der Waals surface area contributed by atoms with Crippen molar-refractivity contribution in [3.63, 3.8) is 0 Å². The fourth-order valence-corrected chi connectivity index (χ4v) is 3.11. The Labute approximate surface area is 160 Å². The maximum atomic E-state index is 11.9. The highest BCUT2D eigenvalue weighted by Crippen LogP contribution is 2.29. The normalized spacial score (nSPS) is 13.2. The molecule has 1 aliphatic carbocycles. The first kappa shape index (κ1) is 19.9. The van der Waals surface area contributed by atoms with Crippen molar-refractivity contribution < 1.29 is 19.1 Å². The van der Waals surface area contributed by atoms with Crippen LogP contribution in [0.5, 0.6) is 0 Å². The van der Waals surface area contributed by atoms with Gasteiger partial charge in [0.05, 0.1) is 17.3 Å². The van der Waals surface area contributed by atoms with Crippen molar-refractivity contribution in [2.45, 2.75) is 23.8 Å². The van der Waals surface area contributed by atoms with Gasteiger partial charge in [0, 0.05) is 23.0 Å². The molecule has 136 valence electrons. The number of amides is 2. The molecule has 0 aliphatic heterocycles. The van der Waals surface area contributed by atoms with E-state index in [9.17, 15) is 14.4 Å². The number of nitrogens with zero attached hydrogens (tertiary/aromatic N) is 1. The zero-order valence-electron chi connectivity index (χ0n) is 13.6. The van der Waals surface area contributed by atoms with Gasteiger partial charge in [-0.3, -0.25) is 14.4 Å². The lowest BCUT2D eigenvalue weighted by atomic mass is 10.4. The van der Waals surface area contributed by atoms with E-state index in [1.807, 2.05) is 0 Å². The van der Waals surface area contributed by atoms with Crippen molar-refractivity contribution >= 4 is 52.7 Å². The molecule has 0 bridgehead atoms. The molecule has 1 fully saturated rings. The molecule has 0 atom stereocenters. The molecule has 1 N–H and O–H groups in total. The number of ether oxygens (including phenoxy) is 1. The van der Waals surface area contributed by atoms with Crippen molar-refractivity contribution in [1.29, 1.82) is 0 Å². The number of hydrogen-bond acceptors (Lipinski definition) is 5. The van der Waals surface area contributed by atoms with Gasteiger partial charge in [-0.25, -0.2) is 0 Å². The van der Waals surface area contributed by atoms with E-state index in [0.717, 1.165) is 12.8 Å². The molecule has 1 aromatic carbocycles. The zero-order valence-corrected chi connectivity index (χ0v) is 15.9. The minimum Gasteiger partial charge on any atom is -0.455 e. The van der Waals surface area contributed by atoms with Crippen molar-refractivity contribution in [3.05, 3.63) is 28.2 Å². The van der Waals surface area contributed by atoms with Crippen molar-refractivity contribution in [2.24, 2.45) is 0 Å². The minimum absolute atomic E-state index is 0.000771. The van der Waals surface area contributed by atoms with Crippen molar-refractivity contribution in [2.75, 3.05) is 26.0 Å². The Hall–Kier alpha value is -1.44. The Morgan fingerprint density at radius 1 is 1.32 bits per heavy atom. The number of carbonyl (C=O) groups is 3. The Morgan fingerprint density at radius 3 is 2.72 bits per heavy atom.